The van der Waals surface area contributed by atoms with Gasteiger partial charge in [-0.2, -0.15) is 0 Å². The van der Waals surface area contributed by atoms with E-state index in [-0.39, 0.29) is 11.3 Å². The van der Waals surface area contributed by atoms with Crippen LogP contribution in [0.15, 0.2) is 70.3 Å². The highest BCUT2D eigenvalue weighted by atomic mass is 16.3. The minimum atomic E-state index is -0.283. The lowest BCUT2D eigenvalue weighted by Crippen LogP contribution is -2.20. The van der Waals surface area contributed by atoms with Gasteiger partial charge in [0.1, 0.15) is 11.8 Å². The van der Waals surface area contributed by atoms with Crippen LogP contribution in [-0.4, -0.2) is 10.9 Å². The number of pyridine rings is 1. The van der Waals surface area contributed by atoms with Crippen LogP contribution in [0.1, 0.15) is 11.1 Å². The van der Waals surface area contributed by atoms with E-state index in [1.54, 1.807) is 36.7 Å². The van der Waals surface area contributed by atoms with Crippen molar-refractivity contribution in [2.24, 2.45) is 0 Å². The first-order valence-corrected chi connectivity index (χ1v) is 7.09. The summed E-state index contributed by atoms with van der Waals surface area (Å²) >= 11 is 0. The summed E-state index contributed by atoms with van der Waals surface area (Å²) in [5.41, 5.74) is 1.65. The Labute approximate surface area is 132 Å². The average molecular weight is 306 g/mol. The Morgan fingerprint density at radius 2 is 1.96 bits per heavy atom. The zero-order valence-corrected chi connectivity index (χ0v) is 12.2. The number of aromatic nitrogens is 1. The average Bonchev–Trinajstić information content (AvgIpc) is 2.60. The molecular weight excluding hydrogens is 292 g/mol. The summed E-state index contributed by atoms with van der Waals surface area (Å²) in [5.74, 6) is -0.283. The van der Waals surface area contributed by atoms with Crippen LogP contribution in [0, 0.1) is 0 Å². The van der Waals surface area contributed by atoms with E-state index in [0.29, 0.717) is 23.1 Å². The van der Waals surface area contributed by atoms with Crippen molar-refractivity contribution in [3.8, 4) is 0 Å². The highest BCUT2D eigenvalue weighted by Crippen LogP contribution is 2.11. The van der Waals surface area contributed by atoms with Crippen LogP contribution in [0.3, 0.4) is 0 Å². The first-order chi connectivity index (χ1) is 11.2. The fraction of sp³-hybridized carbons (Fsp3) is 0.0556. The number of amides is 1. The summed E-state index contributed by atoms with van der Waals surface area (Å²) in [5, 5.41) is 3.23. The van der Waals surface area contributed by atoms with Crippen LogP contribution >= 0.6 is 0 Å². The number of hydrogen-bond donors (Lipinski definition) is 1. The number of para-hydroxylation sites is 1. The van der Waals surface area contributed by atoms with E-state index in [9.17, 15) is 9.59 Å². The summed E-state index contributed by atoms with van der Waals surface area (Å²) in [6.45, 7) is 0.401. The van der Waals surface area contributed by atoms with Crippen LogP contribution in [-0.2, 0) is 11.3 Å². The molecule has 1 amide bonds. The molecule has 0 spiro atoms. The molecule has 0 aliphatic heterocycles. The van der Waals surface area contributed by atoms with Crippen molar-refractivity contribution in [2.45, 2.75) is 6.54 Å². The molecular formula is C18H14N2O3. The molecule has 114 valence electrons. The first-order valence-electron chi connectivity index (χ1n) is 7.09. The largest absolute Gasteiger partial charge is 0.463 e. The van der Waals surface area contributed by atoms with Crippen molar-refractivity contribution >= 4 is 23.0 Å². The van der Waals surface area contributed by atoms with Crippen molar-refractivity contribution in [3.63, 3.8) is 0 Å². The van der Waals surface area contributed by atoms with Gasteiger partial charge in [0.25, 0.3) is 0 Å². The summed E-state index contributed by atoms with van der Waals surface area (Å²) in [6, 6.07) is 10.6. The maximum Gasteiger partial charge on any atom is 0.244 e. The number of rotatable bonds is 4. The van der Waals surface area contributed by atoms with Crippen molar-refractivity contribution in [3.05, 3.63) is 82.5 Å². The Morgan fingerprint density at radius 3 is 2.78 bits per heavy atom. The number of carbonyl (C=O) groups is 1. The van der Waals surface area contributed by atoms with E-state index in [1.807, 2.05) is 12.1 Å². The predicted octanol–water partition coefficient (Wildman–Crippen LogP) is 2.52. The molecule has 0 saturated carbocycles. The third-order valence-electron chi connectivity index (χ3n) is 3.34. The molecule has 1 N–H and O–H groups in total. The van der Waals surface area contributed by atoms with Crippen LogP contribution in [0.5, 0.6) is 0 Å². The molecule has 23 heavy (non-hydrogen) atoms. The number of nitrogens with zero attached hydrogens (tertiary/aromatic N) is 1. The van der Waals surface area contributed by atoms with Gasteiger partial charge < -0.3 is 9.73 Å². The highest BCUT2D eigenvalue weighted by molar-refractivity contribution is 5.92. The molecule has 3 rings (SSSR count). The number of carbonyl (C=O) groups excluding carboxylic acids is 1. The third-order valence-corrected chi connectivity index (χ3v) is 3.34. The molecule has 5 nitrogen and oxygen atoms in total. The van der Waals surface area contributed by atoms with Gasteiger partial charge in [0.05, 0.1) is 10.9 Å². The molecule has 0 radical (unpaired) electrons. The van der Waals surface area contributed by atoms with Crippen LogP contribution in [0.25, 0.3) is 17.0 Å². The monoisotopic (exact) mass is 306 g/mol. The number of fused-ring (bicyclic) bond motifs is 1. The van der Waals surface area contributed by atoms with Gasteiger partial charge >= 0.3 is 0 Å². The number of benzene rings is 1. The predicted molar refractivity (Wildman–Crippen MR) is 87.6 cm³/mol. The molecule has 5 heteroatoms. The second-order valence-corrected chi connectivity index (χ2v) is 4.92. The standard InChI is InChI=1S/C18H14N2O3/c21-17(20-11-13-7-9-19-10-8-13)6-5-14-12-23-16-4-2-1-3-15(16)18(14)22/h1-10,12H,11H2,(H,20,21)/b6-5+. The molecule has 2 aromatic heterocycles. The van der Waals surface area contributed by atoms with E-state index in [4.69, 9.17) is 4.42 Å². The molecule has 3 aromatic rings. The Hall–Kier alpha value is -3.21. The Kier molecular flexibility index (Phi) is 4.29. The Bertz CT molecular complexity index is 914. The smallest absolute Gasteiger partial charge is 0.244 e. The van der Waals surface area contributed by atoms with E-state index in [0.717, 1.165) is 5.56 Å². The maximum absolute atomic E-state index is 12.3. The quantitative estimate of drug-likeness (QED) is 0.752. The van der Waals surface area contributed by atoms with Crippen molar-refractivity contribution in [2.75, 3.05) is 0 Å². The fourth-order valence-corrected chi connectivity index (χ4v) is 2.12. The van der Waals surface area contributed by atoms with E-state index >= 15 is 0 Å². The van der Waals surface area contributed by atoms with Gasteiger partial charge in [-0.25, -0.2) is 0 Å². The molecule has 0 unspecified atom stereocenters. The lowest BCUT2D eigenvalue weighted by Gasteiger charge is -2.01. The molecule has 1 aromatic carbocycles. The van der Waals surface area contributed by atoms with Gasteiger partial charge in [0.15, 0.2) is 5.43 Å². The minimum Gasteiger partial charge on any atom is -0.463 e. The van der Waals surface area contributed by atoms with E-state index in [2.05, 4.69) is 10.3 Å². The molecule has 0 saturated heterocycles. The molecule has 0 aliphatic carbocycles. The molecule has 0 aliphatic rings. The minimum absolute atomic E-state index is 0.162. The summed E-state index contributed by atoms with van der Waals surface area (Å²) in [7, 11) is 0. The molecule has 0 bridgehead atoms. The van der Waals surface area contributed by atoms with Crippen molar-refractivity contribution < 1.29 is 9.21 Å². The zero-order chi connectivity index (χ0) is 16.1. The maximum atomic E-state index is 12.3. The van der Waals surface area contributed by atoms with Crippen molar-refractivity contribution in [1.29, 1.82) is 0 Å². The van der Waals surface area contributed by atoms with Gasteiger partial charge in [-0.05, 0) is 35.9 Å². The number of hydrogen-bond acceptors (Lipinski definition) is 4. The summed E-state index contributed by atoms with van der Waals surface area (Å²) in [6.07, 6.45) is 7.47. The van der Waals surface area contributed by atoms with Crippen molar-refractivity contribution in [1.82, 2.24) is 10.3 Å². The van der Waals surface area contributed by atoms with Gasteiger partial charge in [-0.3, -0.25) is 14.6 Å². The normalized spacial score (nSPS) is 11.0. The van der Waals surface area contributed by atoms with Gasteiger partial charge in [-0.1, -0.05) is 12.1 Å². The van der Waals surface area contributed by atoms with Gasteiger partial charge in [-0.15, -0.1) is 0 Å². The van der Waals surface area contributed by atoms with Crippen LogP contribution in [0.2, 0.25) is 0 Å². The van der Waals surface area contributed by atoms with Crippen LogP contribution < -0.4 is 10.7 Å². The van der Waals surface area contributed by atoms with Gasteiger partial charge in [0, 0.05) is 25.0 Å². The lowest BCUT2D eigenvalue weighted by atomic mass is 10.1. The van der Waals surface area contributed by atoms with Gasteiger partial charge in [0.2, 0.25) is 5.91 Å². The number of nitrogens with one attached hydrogen (secondary N) is 1. The second-order valence-electron chi connectivity index (χ2n) is 4.92. The molecule has 0 fully saturated rings. The second kappa shape index (κ2) is 6.70. The topological polar surface area (TPSA) is 72.2 Å². The molecule has 2 heterocycles. The molecule has 0 atom stereocenters. The lowest BCUT2D eigenvalue weighted by molar-refractivity contribution is -0.116. The Morgan fingerprint density at radius 1 is 1.17 bits per heavy atom. The first kappa shape index (κ1) is 14.7. The fourth-order valence-electron chi connectivity index (χ4n) is 2.12. The zero-order valence-electron chi connectivity index (χ0n) is 12.2. The van der Waals surface area contributed by atoms with Crippen LogP contribution in [0.4, 0.5) is 0 Å². The highest BCUT2D eigenvalue weighted by Gasteiger charge is 2.04. The third kappa shape index (κ3) is 3.52. The van der Waals surface area contributed by atoms with E-state index in [1.165, 1.54) is 18.4 Å². The SMILES string of the molecule is O=C(/C=C/c1coc2ccccc2c1=O)NCc1ccncc1. The Balaban J connectivity index is 1.71. The van der Waals surface area contributed by atoms with E-state index < -0.39 is 0 Å². The summed E-state index contributed by atoms with van der Waals surface area (Å²) < 4.78 is 5.40. The summed E-state index contributed by atoms with van der Waals surface area (Å²) in [4.78, 5) is 28.0.